The highest BCUT2D eigenvalue weighted by Gasteiger charge is 2.20. The summed E-state index contributed by atoms with van der Waals surface area (Å²) in [6, 6.07) is 11.8. The highest BCUT2D eigenvalue weighted by Crippen LogP contribution is 2.31. The number of fused-ring (bicyclic) bond motifs is 1. The molecule has 4 rings (SSSR count). The second kappa shape index (κ2) is 7.61. The zero-order valence-electron chi connectivity index (χ0n) is 17.7. The molecule has 0 N–H and O–H groups in total. The monoisotopic (exact) mass is 417 g/mol. The van der Waals surface area contributed by atoms with E-state index in [1.165, 1.54) is 16.0 Å². The van der Waals surface area contributed by atoms with E-state index in [0.29, 0.717) is 16.8 Å². The fraction of sp³-hybridized carbons (Fsp3) is 0.250. The molecule has 152 valence electrons. The summed E-state index contributed by atoms with van der Waals surface area (Å²) in [5.41, 5.74) is 6.51. The second-order valence-corrected chi connectivity index (χ2v) is 8.99. The van der Waals surface area contributed by atoms with Crippen molar-refractivity contribution in [3.05, 3.63) is 79.6 Å². The lowest BCUT2D eigenvalue weighted by molar-refractivity contribution is 0.0965. The van der Waals surface area contributed by atoms with E-state index in [2.05, 4.69) is 16.1 Å². The van der Waals surface area contributed by atoms with Gasteiger partial charge in [0, 0.05) is 11.1 Å². The first-order valence-electron chi connectivity index (χ1n) is 9.81. The van der Waals surface area contributed by atoms with Gasteiger partial charge in [0.15, 0.2) is 11.3 Å². The minimum absolute atomic E-state index is 0.118. The Hall–Kier alpha value is -3.12. The van der Waals surface area contributed by atoms with Crippen LogP contribution in [0.2, 0.25) is 0 Å². The second-order valence-electron chi connectivity index (χ2n) is 7.78. The molecule has 2 heterocycles. The smallest absolute Gasteiger partial charge is 0.292 e. The summed E-state index contributed by atoms with van der Waals surface area (Å²) >= 11 is 1.46. The van der Waals surface area contributed by atoms with Crippen LogP contribution in [0.4, 0.5) is 0 Å². The van der Waals surface area contributed by atoms with Gasteiger partial charge >= 0.3 is 0 Å². The molecule has 2 aromatic heterocycles. The third kappa shape index (κ3) is 3.59. The third-order valence-corrected chi connectivity index (χ3v) is 6.20. The first-order chi connectivity index (χ1) is 14.2. The standard InChI is InChI=1S/C24H23N3O2S/c1-13-6-8-18(15(3)10-13)20(28)12-27-24(29)22-23(30-17(5)25-22)21(26-27)19-9-7-14(2)11-16(19)4/h6-11H,12H2,1-5H3. The normalized spacial score (nSPS) is 11.2. The molecule has 0 fully saturated rings. The number of aryl methyl sites for hydroxylation is 5. The van der Waals surface area contributed by atoms with Gasteiger partial charge in [-0.1, -0.05) is 47.5 Å². The maximum atomic E-state index is 13.1. The van der Waals surface area contributed by atoms with Crippen LogP contribution in [0, 0.1) is 34.6 Å². The lowest BCUT2D eigenvalue weighted by Crippen LogP contribution is -2.28. The molecule has 0 spiro atoms. The van der Waals surface area contributed by atoms with Gasteiger partial charge in [0.2, 0.25) is 0 Å². The number of carbonyl (C=O) groups excluding carboxylic acids is 1. The molecular formula is C24H23N3O2S. The summed E-state index contributed by atoms with van der Waals surface area (Å²) < 4.78 is 2.03. The number of ketones is 1. The van der Waals surface area contributed by atoms with Crippen molar-refractivity contribution in [2.75, 3.05) is 0 Å². The van der Waals surface area contributed by atoms with Crippen molar-refractivity contribution in [3.8, 4) is 11.3 Å². The van der Waals surface area contributed by atoms with Crippen molar-refractivity contribution in [2.45, 2.75) is 41.2 Å². The number of hydrogen-bond donors (Lipinski definition) is 0. The van der Waals surface area contributed by atoms with Gasteiger partial charge in [-0.3, -0.25) is 9.59 Å². The maximum absolute atomic E-state index is 13.1. The number of aromatic nitrogens is 3. The van der Waals surface area contributed by atoms with Gasteiger partial charge < -0.3 is 0 Å². The van der Waals surface area contributed by atoms with Crippen molar-refractivity contribution in [1.29, 1.82) is 0 Å². The van der Waals surface area contributed by atoms with E-state index in [9.17, 15) is 9.59 Å². The van der Waals surface area contributed by atoms with Gasteiger partial charge in [0.1, 0.15) is 12.2 Å². The van der Waals surface area contributed by atoms with Crippen LogP contribution in [-0.2, 0) is 6.54 Å². The molecule has 5 nitrogen and oxygen atoms in total. The minimum atomic E-state index is -0.332. The Kier molecular flexibility index (Phi) is 5.12. The maximum Gasteiger partial charge on any atom is 0.294 e. The molecule has 0 radical (unpaired) electrons. The Bertz CT molecular complexity index is 1370. The van der Waals surface area contributed by atoms with E-state index >= 15 is 0 Å². The van der Waals surface area contributed by atoms with Gasteiger partial charge in [-0.25, -0.2) is 9.67 Å². The van der Waals surface area contributed by atoms with Crippen LogP contribution < -0.4 is 5.56 Å². The SMILES string of the molecule is Cc1ccc(C(=O)Cn2nc(-c3ccc(C)cc3C)c3sc(C)nc3c2=O)c(C)c1. The summed E-state index contributed by atoms with van der Waals surface area (Å²) in [5.74, 6) is -0.139. The van der Waals surface area contributed by atoms with Crippen LogP contribution in [0.15, 0.2) is 41.2 Å². The van der Waals surface area contributed by atoms with Gasteiger partial charge in [-0.2, -0.15) is 5.10 Å². The van der Waals surface area contributed by atoms with E-state index in [1.54, 1.807) is 0 Å². The average molecular weight is 418 g/mol. The Morgan fingerprint density at radius 1 is 0.967 bits per heavy atom. The molecule has 30 heavy (non-hydrogen) atoms. The fourth-order valence-electron chi connectivity index (χ4n) is 3.78. The Morgan fingerprint density at radius 2 is 1.63 bits per heavy atom. The van der Waals surface area contributed by atoms with Gasteiger partial charge in [0.25, 0.3) is 5.56 Å². The van der Waals surface area contributed by atoms with Crippen molar-refractivity contribution in [1.82, 2.24) is 14.8 Å². The van der Waals surface area contributed by atoms with Crippen LogP contribution in [0.3, 0.4) is 0 Å². The molecular weight excluding hydrogens is 394 g/mol. The molecule has 0 saturated heterocycles. The Labute approximate surface area is 179 Å². The molecule has 0 unspecified atom stereocenters. The Balaban J connectivity index is 1.87. The zero-order chi connectivity index (χ0) is 21.6. The van der Waals surface area contributed by atoms with Gasteiger partial charge in [-0.05, 0) is 45.7 Å². The number of benzene rings is 2. The van der Waals surface area contributed by atoms with Crippen molar-refractivity contribution < 1.29 is 4.79 Å². The molecule has 0 aliphatic heterocycles. The Morgan fingerprint density at radius 3 is 2.30 bits per heavy atom. The molecule has 0 atom stereocenters. The third-order valence-electron chi connectivity index (χ3n) is 5.22. The molecule has 4 aromatic rings. The first-order valence-corrected chi connectivity index (χ1v) is 10.6. The van der Waals surface area contributed by atoms with E-state index in [0.717, 1.165) is 37.5 Å². The fourth-order valence-corrected chi connectivity index (χ4v) is 4.69. The largest absolute Gasteiger partial charge is 0.294 e. The summed E-state index contributed by atoms with van der Waals surface area (Å²) in [4.78, 5) is 30.5. The van der Waals surface area contributed by atoms with Crippen molar-refractivity contribution in [2.24, 2.45) is 0 Å². The lowest BCUT2D eigenvalue weighted by Gasteiger charge is -2.11. The van der Waals surface area contributed by atoms with Crippen LogP contribution in [-0.4, -0.2) is 20.5 Å². The van der Waals surface area contributed by atoms with Crippen molar-refractivity contribution >= 4 is 27.3 Å². The average Bonchev–Trinajstić information content (AvgIpc) is 3.06. The predicted molar refractivity (Wildman–Crippen MR) is 122 cm³/mol. The topological polar surface area (TPSA) is 64.8 Å². The number of rotatable bonds is 4. The quantitative estimate of drug-likeness (QED) is 0.441. The van der Waals surface area contributed by atoms with E-state index in [4.69, 9.17) is 0 Å². The number of carbonyl (C=O) groups is 1. The number of hydrogen-bond acceptors (Lipinski definition) is 5. The first kappa shape index (κ1) is 20.2. The highest BCUT2D eigenvalue weighted by atomic mass is 32.1. The number of thiazole rings is 1. The number of nitrogens with zero attached hydrogens (tertiary/aromatic N) is 3. The van der Waals surface area contributed by atoms with Crippen LogP contribution in [0.1, 0.15) is 37.6 Å². The zero-order valence-corrected chi connectivity index (χ0v) is 18.6. The summed E-state index contributed by atoms with van der Waals surface area (Å²) in [7, 11) is 0. The van der Waals surface area contributed by atoms with Crippen LogP contribution in [0.25, 0.3) is 21.5 Å². The summed E-state index contributed by atoms with van der Waals surface area (Å²) in [6.07, 6.45) is 0. The van der Waals surface area contributed by atoms with E-state index in [1.807, 2.05) is 65.0 Å². The van der Waals surface area contributed by atoms with E-state index in [-0.39, 0.29) is 17.9 Å². The summed E-state index contributed by atoms with van der Waals surface area (Å²) in [5, 5.41) is 5.44. The molecule has 0 bridgehead atoms. The van der Waals surface area contributed by atoms with Crippen molar-refractivity contribution in [3.63, 3.8) is 0 Å². The van der Waals surface area contributed by atoms with Gasteiger partial charge in [-0.15, -0.1) is 11.3 Å². The molecule has 0 saturated carbocycles. The van der Waals surface area contributed by atoms with Crippen LogP contribution >= 0.6 is 11.3 Å². The summed E-state index contributed by atoms with van der Waals surface area (Å²) in [6.45, 7) is 9.72. The van der Waals surface area contributed by atoms with Gasteiger partial charge in [0.05, 0.1) is 9.71 Å². The lowest BCUT2D eigenvalue weighted by atomic mass is 10.0. The minimum Gasteiger partial charge on any atom is -0.292 e. The highest BCUT2D eigenvalue weighted by molar-refractivity contribution is 7.19. The predicted octanol–water partition coefficient (Wildman–Crippen LogP) is 4.95. The molecule has 0 aliphatic carbocycles. The van der Waals surface area contributed by atoms with E-state index < -0.39 is 0 Å². The molecule has 0 amide bonds. The molecule has 2 aromatic carbocycles. The van der Waals surface area contributed by atoms with Crippen LogP contribution in [0.5, 0.6) is 0 Å². The molecule has 0 aliphatic rings. The number of Topliss-reactive ketones (excluding diaryl/α,β-unsaturated/α-hetero) is 1. The molecule has 6 heteroatoms.